The normalized spacial score (nSPS) is 15.9. The number of ketones is 2. The van der Waals surface area contributed by atoms with Gasteiger partial charge in [-0.2, -0.15) is 0 Å². The van der Waals surface area contributed by atoms with Crippen molar-refractivity contribution in [2.75, 3.05) is 0 Å². The van der Waals surface area contributed by atoms with Crippen molar-refractivity contribution < 1.29 is 9.59 Å². The summed E-state index contributed by atoms with van der Waals surface area (Å²) in [7, 11) is 0. The fraction of sp³-hybridized carbons (Fsp3) is 0.348. The summed E-state index contributed by atoms with van der Waals surface area (Å²) in [5, 5.41) is 20.4. The number of thiophene rings is 1. The Balaban J connectivity index is 1.88. The van der Waals surface area contributed by atoms with Gasteiger partial charge in [-0.05, 0) is 82.4 Å². The van der Waals surface area contributed by atoms with Crippen LogP contribution in [-0.2, 0) is 9.59 Å². The van der Waals surface area contributed by atoms with Crippen LogP contribution in [0.4, 0.5) is 11.4 Å². The standard InChI is InChI=1S/C46H46Cl6N4O2S/c1-43(2,3)27-15-23(16-28(41(27)57)44(4,5)6)37(53-55-39-31(49)19-25(47)20-32(39)50)35-13-14-36(59-35)38(54-56-40-33(51)21-26(48)22-34(40)52)24-17-29(45(7,8)9)42(58)30(18-24)46(10,11)12/h13-22H,1-12H3/b55-53+,56-54+. The van der Waals surface area contributed by atoms with E-state index in [0.29, 0.717) is 64.6 Å². The molecule has 1 heterocycles. The minimum atomic E-state index is -0.493. The summed E-state index contributed by atoms with van der Waals surface area (Å²) in [6, 6.07) is 10.0. The molecule has 0 unspecified atom stereocenters. The molecule has 0 radical (unpaired) electrons. The summed E-state index contributed by atoms with van der Waals surface area (Å²) in [4.78, 5) is 29.4. The van der Waals surface area contributed by atoms with Gasteiger partial charge in [0.2, 0.25) is 0 Å². The molecule has 0 N–H and O–H groups in total. The van der Waals surface area contributed by atoms with Gasteiger partial charge >= 0.3 is 0 Å². The number of hydrogen-bond donors (Lipinski definition) is 0. The van der Waals surface area contributed by atoms with Crippen molar-refractivity contribution in [2.24, 2.45) is 42.1 Å². The number of halogens is 6. The molecular weight excluding hydrogens is 885 g/mol. The van der Waals surface area contributed by atoms with Crippen LogP contribution in [-0.4, -0.2) is 11.6 Å². The number of benzene rings is 2. The van der Waals surface area contributed by atoms with Crippen LogP contribution in [0.15, 0.2) is 115 Å². The average molecular weight is 932 g/mol. The maximum atomic E-state index is 14.0. The number of carbonyl (C=O) groups excluding carboxylic acids is 2. The summed E-state index contributed by atoms with van der Waals surface area (Å²) >= 11 is 40.2. The molecule has 2 aliphatic rings. The van der Waals surface area contributed by atoms with Crippen LogP contribution in [0, 0.1) is 21.7 Å². The van der Waals surface area contributed by atoms with Gasteiger partial charge in [-0.15, -0.1) is 31.8 Å². The van der Waals surface area contributed by atoms with Gasteiger partial charge in [0.1, 0.15) is 22.8 Å². The summed E-state index contributed by atoms with van der Waals surface area (Å²) in [6.45, 7) is 24.1. The number of Topliss-reactive ketones (excluding diaryl/α,β-unsaturated/α-hetero) is 2. The molecule has 5 rings (SSSR count). The third-order valence-corrected chi connectivity index (χ3v) is 12.2. The maximum absolute atomic E-state index is 14.0. The Morgan fingerprint density at radius 1 is 0.458 bits per heavy atom. The summed E-state index contributed by atoms with van der Waals surface area (Å²) < 4.78 is 0. The lowest BCUT2D eigenvalue weighted by molar-refractivity contribution is -0.114. The van der Waals surface area contributed by atoms with Gasteiger partial charge in [-0.1, -0.05) is 153 Å². The Kier molecular flexibility index (Phi) is 13.8. The molecule has 59 heavy (non-hydrogen) atoms. The van der Waals surface area contributed by atoms with Crippen LogP contribution >= 0.6 is 80.9 Å². The van der Waals surface area contributed by atoms with Gasteiger partial charge < -0.3 is 0 Å². The van der Waals surface area contributed by atoms with Crippen molar-refractivity contribution in [2.45, 2.75) is 83.1 Å². The van der Waals surface area contributed by atoms with E-state index in [1.54, 1.807) is 24.3 Å². The molecule has 0 atom stereocenters. The molecule has 1 aromatic heterocycles. The lowest BCUT2D eigenvalue weighted by Crippen LogP contribution is -2.28. The number of azo groups is 2. The highest BCUT2D eigenvalue weighted by molar-refractivity contribution is 7.14. The molecule has 0 amide bonds. The van der Waals surface area contributed by atoms with E-state index >= 15 is 0 Å². The van der Waals surface area contributed by atoms with E-state index in [9.17, 15) is 9.59 Å². The topological polar surface area (TPSA) is 83.6 Å². The monoisotopic (exact) mass is 928 g/mol. The fourth-order valence-electron chi connectivity index (χ4n) is 6.31. The quantitative estimate of drug-likeness (QED) is 0.231. The minimum absolute atomic E-state index is 0.0256. The molecule has 0 fully saturated rings. The van der Waals surface area contributed by atoms with E-state index in [-0.39, 0.29) is 43.0 Å². The highest BCUT2D eigenvalue weighted by atomic mass is 35.5. The van der Waals surface area contributed by atoms with Crippen LogP contribution in [0.2, 0.25) is 30.1 Å². The molecule has 2 aliphatic carbocycles. The first-order chi connectivity index (χ1) is 27.1. The Labute approximate surface area is 381 Å². The van der Waals surface area contributed by atoms with Gasteiger partial charge in [-0.25, -0.2) is 0 Å². The van der Waals surface area contributed by atoms with Gasteiger partial charge in [0.25, 0.3) is 0 Å². The summed E-state index contributed by atoms with van der Waals surface area (Å²) in [5.74, 6) is -0.0512. The van der Waals surface area contributed by atoms with E-state index in [4.69, 9.17) is 79.8 Å². The van der Waals surface area contributed by atoms with Gasteiger partial charge in [0, 0.05) is 43.5 Å². The maximum Gasteiger partial charge on any atom is 0.186 e. The van der Waals surface area contributed by atoms with E-state index in [1.165, 1.54) is 11.3 Å². The third-order valence-electron chi connectivity index (χ3n) is 9.49. The lowest BCUT2D eigenvalue weighted by Gasteiger charge is -2.31. The second-order valence-corrected chi connectivity index (χ2v) is 22.1. The van der Waals surface area contributed by atoms with Crippen molar-refractivity contribution in [1.82, 2.24) is 0 Å². The highest BCUT2D eigenvalue weighted by Crippen LogP contribution is 2.46. The molecule has 0 saturated heterocycles. The average Bonchev–Trinajstić information content (AvgIpc) is 3.55. The molecule has 0 saturated carbocycles. The molecule has 0 aliphatic heterocycles. The summed E-state index contributed by atoms with van der Waals surface area (Å²) in [5.41, 5.74) is 3.28. The minimum Gasteiger partial charge on any atom is -0.289 e. The molecular formula is C46H46Cl6N4O2S. The predicted octanol–water partition coefficient (Wildman–Crippen LogP) is 17.7. The molecule has 2 aromatic carbocycles. The Morgan fingerprint density at radius 2 is 0.712 bits per heavy atom. The largest absolute Gasteiger partial charge is 0.289 e. The van der Waals surface area contributed by atoms with Crippen molar-refractivity contribution >= 4 is 115 Å². The Hall–Kier alpha value is -3.14. The molecule has 0 spiro atoms. The van der Waals surface area contributed by atoms with E-state index in [2.05, 4.69) is 10.2 Å². The first kappa shape index (κ1) is 46.9. The van der Waals surface area contributed by atoms with Crippen LogP contribution in [0.5, 0.6) is 0 Å². The molecule has 310 valence electrons. The zero-order valence-electron chi connectivity index (χ0n) is 35.1. The highest BCUT2D eigenvalue weighted by Gasteiger charge is 2.37. The zero-order chi connectivity index (χ0) is 44.2. The Bertz CT molecular complexity index is 2230. The summed E-state index contributed by atoms with van der Waals surface area (Å²) in [6.07, 6.45) is 7.51. The van der Waals surface area contributed by atoms with Crippen LogP contribution in [0.1, 0.15) is 92.8 Å². The first-order valence-electron chi connectivity index (χ1n) is 18.8. The van der Waals surface area contributed by atoms with Crippen molar-refractivity contribution in [1.29, 1.82) is 0 Å². The number of carbonyl (C=O) groups is 2. The molecule has 6 nitrogen and oxygen atoms in total. The number of rotatable bonds is 6. The second kappa shape index (κ2) is 17.3. The van der Waals surface area contributed by atoms with Crippen molar-refractivity contribution in [3.8, 4) is 0 Å². The Morgan fingerprint density at radius 3 is 0.949 bits per heavy atom. The molecule has 3 aromatic rings. The first-order valence-corrected chi connectivity index (χ1v) is 21.9. The molecule has 13 heteroatoms. The number of hydrogen-bond acceptors (Lipinski definition) is 7. The SMILES string of the molecule is CC(C)(C)C1=CC(=C(/N=N/c2c(Cl)cc(Cl)cc2Cl)c2ccc(C(/N=N/c3c(Cl)cc(Cl)cc3Cl)=C3C=C(C(C)(C)C)C(=O)C(C(C)(C)C)=C3)s2)C=C(C(C)(C)C)C1=O. The third kappa shape index (κ3) is 10.7. The van der Waals surface area contributed by atoms with E-state index in [0.717, 1.165) is 0 Å². The van der Waals surface area contributed by atoms with Crippen LogP contribution in [0.25, 0.3) is 11.4 Å². The van der Waals surface area contributed by atoms with Crippen molar-refractivity contribution in [3.05, 3.63) is 134 Å². The van der Waals surface area contributed by atoms with Gasteiger partial charge in [0.15, 0.2) is 11.6 Å². The van der Waals surface area contributed by atoms with Crippen LogP contribution < -0.4 is 0 Å². The lowest BCUT2D eigenvalue weighted by atomic mass is 9.71. The predicted molar refractivity (Wildman–Crippen MR) is 250 cm³/mol. The van der Waals surface area contributed by atoms with Crippen LogP contribution in [0.3, 0.4) is 0 Å². The molecule has 0 bridgehead atoms. The van der Waals surface area contributed by atoms with E-state index in [1.807, 2.05) is 120 Å². The fourth-order valence-corrected chi connectivity index (χ4v) is 9.12. The number of nitrogens with zero attached hydrogens (tertiary/aromatic N) is 4. The zero-order valence-corrected chi connectivity index (χ0v) is 40.4. The second-order valence-electron chi connectivity index (χ2n) is 18.5. The smallest absolute Gasteiger partial charge is 0.186 e. The van der Waals surface area contributed by atoms with Gasteiger partial charge in [-0.3, -0.25) is 9.59 Å². The van der Waals surface area contributed by atoms with E-state index < -0.39 is 21.7 Å². The van der Waals surface area contributed by atoms with Gasteiger partial charge in [0.05, 0.1) is 29.8 Å². The number of allylic oxidation sites excluding steroid dienone is 10. The van der Waals surface area contributed by atoms with Crippen molar-refractivity contribution in [3.63, 3.8) is 0 Å².